The van der Waals surface area contributed by atoms with E-state index in [1.165, 1.54) is 12.3 Å². The maximum absolute atomic E-state index is 13.7. The predicted octanol–water partition coefficient (Wildman–Crippen LogP) is 3.78. The van der Waals surface area contributed by atoms with Crippen LogP contribution in [0.2, 0.25) is 0 Å². The summed E-state index contributed by atoms with van der Waals surface area (Å²) in [7, 11) is 0. The minimum Gasteiger partial charge on any atom is -0.441 e. The molecule has 9 heteroatoms. The van der Waals surface area contributed by atoms with Crippen molar-refractivity contribution < 1.29 is 18.0 Å². The number of hydrogen-bond donors (Lipinski definition) is 2. The normalized spacial score (nSPS) is 18.9. The summed E-state index contributed by atoms with van der Waals surface area (Å²) < 4.78 is 32.2. The van der Waals surface area contributed by atoms with Crippen LogP contribution < -0.4 is 11.1 Å². The number of hydrogen-bond acceptors (Lipinski definition) is 4. The van der Waals surface area contributed by atoms with Crippen LogP contribution in [0.25, 0.3) is 11.3 Å². The molecule has 1 heterocycles. The van der Waals surface area contributed by atoms with Crippen molar-refractivity contribution in [2.45, 2.75) is 50.6 Å². The number of aryl methyl sites for hydroxylation is 1. The van der Waals surface area contributed by atoms with Gasteiger partial charge in [0.15, 0.2) is 11.7 Å². The molecule has 1 amide bonds. The fraction of sp³-hybridized carbons (Fsp3) is 0.444. The first-order chi connectivity index (χ1) is 12.0. The van der Waals surface area contributed by atoms with Crippen molar-refractivity contribution in [3.05, 3.63) is 41.9 Å². The molecule has 0 atom stereocenters. The smallest absolute Gasteiger partial charge is 0.220 e. The molecular weight excluding hydrogens is 399 g/mol. The Balaban J connectivity index is 0.00000182. The summed E-state index contributed by atoms with van der Waals surface area (Å²) >= 11 is 0. The van der Waals surface area contributed by atoms with E-state index in [2.05, 4.69) is 10.3 Å². The number of halogens is 4. The Morgan fingerprint density at radius 3 is 2.59 bits per heavy atom. The van der Waals surface area contributed by atoms with Gasteiger partial charge < -0.3 is 15.5 Å². The van der Waals surface area contributed by atoms with Gasteiger partial charge in [0.05, 0.1) is 11.8 Å². The molecule has 2 aromatic rings. The highest BCUT2D eigenvalue weighted by Gasteiger charge is 2.20. The first kappa shape index (κ1) is 23.3. The van der Waals surface area contributed by atoms with Crippen LogP contribution >= 0.6 is 24.8 Å². The van der Waals surface area contributed by atoms with Gasteiger partial charge in [-0.15, -0.1) is 24.8 Å². The summed E-state index contributed by atoms with van der Waals surface area (Å²) in [6.45, 7) is 0. The van der Waals surface area contributed by atoms with E-state index in [4.69, 9.17) is 10.2 Å². The van der Waals surface area contributed by atoms with Crippen LogP contribution in [0, 0.1) is 11.6 Å². The summed E-state index contributed by atoms with van der Waals surface area (Å²) in [6.07, 6.45) is 5.61. The summed E-state index contributed by atoms with van der Waals surface area (Å²) in [5.41, 5.74) is 5.99. The van der Waals surface area contributed by atoms with Crippen molar-refractivity contribution in [2.75, 3.05) is 0 Å². The van der Waals surface area contributed by atoms with E-state index in [1.807, 2.05) is 0 Å². The van der Waals surface area contributed by atoms with Gasteiger partial charge in [0.1, 0.15) is 11.6 Å². The third kappa shape index (κ3) is 6.45. The topological polar surface area (TPSA) is 81.1 Å². The molecule has 1 saturated carbocycles. The van der Waals surface area contributed by atoms with E-state index in [0.29, 0.717) is 12.3 Å². The zero-order valence-corrected chi connectivity index (χ0v) is 16.3. The zero-order valence-electron chi connectivity index (χ0n) is 14.6. The molecule has 1 aliphatic carbocycles. The van der Waals surface area contributed by atoms with Crippen LogP contribution in [0.15, 0.2) is 28.8 Å². The van der Waals surface area contributed by atoms with E-state index < -0.39 is 11.6 Å². The minimum atomic E-state index is -0.712. The van der Waals surface area contributed by atoms with E-state index in [0.717, 1.165) is 37.8 Å². The summed E-state index contributed by atoms with van der Waals surface area (Å²) in [5, 5.41) is 3.00. The quantitative estimate of drug-likeness (QED) is 0.769. The lowest BCUT2D eigenvalue weighted by Gasteiger charge is -2.26. The molecule has 1 aromatic heterocycles. The molecule has 0 spiro atoms. The summed E-state index contributed by atoms with van der Waals surface area (Å²) in [5.74, 6) is -0.862. The number of amides is 1. The number of carbonyl (C=O) groups is 1. The molecule has 0 unspecified atom stereocenters. The number of oxazole rings is 1. The molecule has 0 radical (unpaired) electrons. The van der Waals surface area contributed by atoms with Crippen molar-refractivity contribution in [3.63, 3.8) is 0 Å². The largest absolute Gasteiger partial charge is 0.441 e. The van der Waals surface area contributed by atoms with Crippen molar-refractivity contribution >= 4 is 30.7 Å². The molecule has 1 aliphatic rings. The Hall–Kier alpha value is -1.70. The third-order valence-corrected chi connectivity index (χ3v) is 4.45. The number of rotatable bonds is 5. The lowest BCUT2D eigenvalue weighted by molar-refractivity contribution is -0.122. The van der Waals surface area contributed by atoms with Gasteiger partial charge in [-0.1, -0.05) is 0 Å². The molecule has 27 heavy (non-hydrogen) atoms. The molecule has 3 N–H and O–H groups in total. The molecule has 1 fully saturated rings. The number of nitrogens with zero attached hydrogens (tertiary/aromatic N) is 1. The lowest BCUT2D eigenvalue weighted by Crippen LogP contribution is -2.40. The van der Waals surface area contributed by atoms with Crippen molar-refractivity contribution in [3.8, 4) is 11.3 Å². The van der Waals surface area contributed by atoms with Gasteiger partial charge in [-0.05, 0) is 37.8 Å². The Kier molecular flexibility index (Phi) is 9.15. The van der Waals surface area contributed by atoms with Gasteiger partial charge in [-0.2, -0.15) is 0 Å². The predicted molar refractivity (Wildman–Crippen MR) is 103 cm³/mol. The molecule has 0 aliphatic heterocycles. The second-order valence-electron chi connectivity index (χ2n) is 6.42. The van der Waals surface area contributed by atoms with E-state index in [-0.39, 0.29) is 60.5 Å². The van der Waals surface area contributed by atoms with E-state index in [9.17, 15) is 13.6 Å². The van der Waals surface area contributed by atoms with Crippen LogP contribution in [0.1, 0.15) is 38.0 Å². The SMILES string of the molecule is Cl.Cl.NC1CCC(NC(=O)CCc2ncc(-c3ccc(F)cc3F)o2)CC1. The molecule has 3 rings (SSSR count). The highest BCUT2D eigenvalue weighted by molar-refractivity contribution is 5.85. The van der Waals surface area contributed by atoms with Crippen LogP contribution in [-0.4, -0.2) is 23.0 Å². The second kappa shape index (κ2) is 10.6. The summed E-state index contributed by atoms with van der Waals surface area (Å²) in [4.78, 5) is 16.1. The molecule has 150 valence electrons. The first-order valence-corrected chi connectivity index (χ1v) is 8.46. The average molecular weight is 422 g/mol. The third-order valence-electron chi connectivity index (χ3n) is 4.45. The van der Waals surface area contributed by atoms with Gasteiger partial charge >= 0.3 is 0 Å². The van der Waals surface area contributed by atoms with E-state index >= 15 is 0 Å². The highest BCUT2D eigenvalue weighted by atomic mass is 35.5. The molecule has 5 nitrogen and oxygen atoms in total. The first-order valence-electron chi connectivity index (χ1n) is 8.46. The minimum absolute atomic E-state index is 0. The monoisotopic (exact) mass is 421 g/mol. The van der Waals surface area contributed by atoms with E-state index in [1.54, 1.807) is 0 Å². The number of nitrogens with one attached hydrogen (secondary N) is 1. The van der Waals surface area contributed by atoms with Crippen molar-refractivity contribution in [1.82, 2.24) is 10.3 Å². The number of benzene rings is 1. The van der Waals surface area contributed by atoms with Gasteiger partial charge in [0.2, 0.25) is 5.91 Å². The maximum atomic E-state index is 13.7. The van der Waals surface area contributed by atoms with Crippen molar-refractivity contribution in [2.24, 2.45) is 5.73 Å². The zero-order chi connectivity index (χ0) is 17.8. The van der Waals surface area contributed by atoms with Gasteiger partial charge in [0, 0.05) is 31.0 Å². The standard InChI is InChI=1S/C18H21F2N3O2.2ClH/c19-11-1-6-14(15(20)9-11)16-10-22-18(25-16)8-7-17(24)23-13-4-2-12(21)3-5-13;;/h1,6,9-10,12-13H,2-5,7-8,21H2,(H,23,24);2*1H. The highest BCUT2D eigenvalue weighted by Crippen LogP contribution is 2.24. The van der Waals surface area contributed by atoms with Gasteiger partial charge in [-0.25, -0.2) is 13.8 Å². The fourth-order valence-corrected chi connectivity index (χ4v) is 3.02. The molecule has 0 bridgehead atoms. The van der Waals surface area contributed by atoms with Crippen molar-refractivity contribution in [1.29, 1.82) is 0 Å². The molecule has 1 aromatic carbocycles. The number of carbonyl (C=O) groups excluding carboxylic acids is 1. The lowest BCUT2D eigenvalue weighted by atomic mass is 9.92. The Labute approximate surface area is 168 Å². The Morgan fingerprint density at radius 2 is 1.93 bits per heavy atom. The van der Waals surface area contributed by atoms with Crippen LogP contribution in [0.5, 0.6) is 0 Å². The number of nitrogens with two attached hydrogens (primary N) is 1. The molecular formula is C18H23Cl2F2N3O2. The summed E-state index contributed by atoms with van der Waals surface area (Å²) in [6, 6.07) is 3.67. The second-order valence-corrected chi connectivity index (χ2v) is 6.42. The van der Waals surface area contributed by atoms with Crippen LogP contribution in [0.4, 0.5) is 8.78 Å². The van der Waals surface area contributed by atoms with Gasteiger partial charge in [0.25, 0.3) is 0 Å². The Morgan fingerprint density at radius 1 is 1.22 bits per heavy atom. The number of aromatic nitrogens is 1. The molecule has 0 saturated heterocycles. The fourth-order valence-electron chi connectivity index (χ4n) is 3.02. The Bertz CT molecular complexity index is 750. The maximum Gasteiger partial charge on any atom is 0.220 e. The van der Waals surface area contributed by atoms with Crippen LogP contribution in [-0.2, 0) is 11.2 Å². The van der Waals surface area contributed by atoms with Gasteiger partial charge in [-0.3, -0.25) is 4.79 Å². The average Bonchev–Trinajstić information content (AvgIpc) is 3.04. The van der Waals surface area contributed by atoms with Crippen LogP contribution in [0.3, 0.4) is 0 Å².